The molecule has 0 aliphatic heterocycles. The molecule has 16 heavy (non-hydrogen) atoms. The van der Waals surface area contributed by atoms with Crippen molar-refractivity contribution in [2.75, 3.05) is 0 Å². The smallest absolute Gasteiger partial charge is 0.166 e. The van der Waals surface area contributed by atoms with Crippen LogP contribution in [-0.2, 0) is 6.42 Å². The third-order valence-corrected chi connectivity index (χ3v) is 2.14. The number of rotatable bonds is 3. The highest BCUT2D eigenvalue weighted by Crippen LogP contribution is 2.22. The lowest BCUT2D eigenvalue weighted by molar-refractivity contribution is 0.477. The largest absolute Gasteiger partial charge is 0.207 e. The Bertz CT molecular complexity index is 453. The van der Waals surface area contributed by atoms with E-state index in [1.807, 2.05) is 0 Å². The van der Waals surface area contributed by atoms with Gasteiger partial charge in [-0.05, 0) is 24.6 Å². The molecule has 3 heteroatoms. The van der Waals surface area contributed by atoms with E-state index in [4.69, 9.17) is 6.42 Å². The zero-order valence-corrected chi connectivity index (χ0v) is 8.86. The molecule has 0 spiro atoms. The van der Waals surface area contributed by atoms with E-state index in [1.54, 1.807) is 6.92 Å². The number of hydrogen-bond acceptors (Lipinski definition) is 0. The summed E-state index contributed by atoms with van der Waals surface area (Å²) in [6, 6.07) is 0.956. The predicted octanol–water partition coefficient (Wildman–Crippen LogP) is 3.70. The van der Waals surface area contributed by atoms with Crippen LogP contribution in [0.15, 0.2) is 12.1 Å². The summed E-state index contributed by atoms with van der Waals surface area (Å²) in [5, 5.41) is 0. The van der Waals surface area contributed by atoms with Gasteiger partial charge in [-0.15, -0.1) is 6.42 Å². The van der Waals surface area contributed by atoms with Crippen molar-refractivity contribution in [3.63, 3.8) is 0 Å². The third kappa shape index (κ3) is 2.46. The summed E-state index contributed by atoms with van der Waals surface area (Å²) in [6.07, 6.45) is 8.01. The van der Waals surface area contributed by atoms with Crippen LogP contribution in [0, 0.1) is 29.8 Å². The average molecular weight is 224 g/mol. The van der Waals surface area contributed by atoms with Crippen LogP contribution in [0.2, 0.25) is 0 Å². The lowest BCUT2D eigenvalue weighted by Gasteiger charge is -2.06. The molecule has 0 heterocycles. The fourth-order valence-electron chi connectivity index (χ4n) is 1.39. The van der Waals surface area contributed by atoms with E-state index in [9.17, 15) is 13.2 Å². The molecular formula is C13H11F3. The Morgan fingerprint density at radius 3 is 2.56 bits per heavy atom. The van der Waals surface area contributed by atoms with Crippen LogP contribution in [0.1, 0.15) is 24.5 Å². The third-order valence-electron chi connectivity index (χ3n) is 2.14. The molecule has 0 nitrogen and oxygen atoms in total. The van der Waals surface area contributed by atoms with Crippen molar-refractivity contribution in [2.45, 2.75) is 19.8 Å². The molecule has 0 amide bonds. The minimum absolute atomic E-state index is 0.173. The first-order valence-corrected chi connectivity index (χ1v) is 4.90. The Kier molecular flexibility index (Phi) is 4.19. The van der Waals surface area contributed by atoms with Crippen LogP contribution in [0.3, 0.4) is 0 Å². The first-order chi connectivity index (χ1) is 7.61. The van der Waals surface area contributed by atoms with Gasteiger partial charge in [-0.3, -0.25) is 0 Å². The van der Waals surface area contributed by atoms with Gasteiger partial charge in [0, 0.05) is 11.1 Å². The maximum Gasteiger partial charge on any atom is 0.166 e. The Morgan fingerprint density at radius 2 is 2.00 bits per heavy atom. The molecular weight excluding hydrogens is 213 g/mol. The molecule has 0 atom stereocenters. The van der Waals surface area contributed by atoms with Gasteiger partial charge >= 0.3 is 0 Å². The van der Waals surface area contributed by atoms with E-state index < -0.39 is 17.5 Å². The fourth-order valence-corrected chi connectivity index (χ4v) is 1.39. The van der Waals surface area contributed by atoms with E-state index in [2.05, 4.69) is 5.92 Å². The highest BCUT2D eigenvalue weighted by Gasteiger charge is 2.16. The molecule has 0 saturated carbocycles. The fraction of sp³-hybridized carbons (Fsp3) is 0.231. The molecule has 0 N–H and O–H groups in total. The maximum atomic E-state index is 13.4. The van der Waals surface area contributed by atoms with Crippen LogP contribution >= 0.6 is 0 Å². The number of terminal acetylenes is 1. The van der Waals surface area contributed by atoms with Gasteiger partial charge in [-0.2, -0.15) is 0 Å². The predicted molar refractivity (Wildman–Crippen MR) is 58.2 cm³/mol. The van der Waals surface area contributed by atoms with Crippen LogP contribution in [0.4, 0.5) is 13.2 Å². The number of benzene rings is 1. The summed E-state index contributed by atoms with van der Waals surface area (Å²) in [6.45, 7) is 1.77. The van der Waals surface area contributed by atoms with Gasteiger partial charge in [0.25, 0.3) is 0 Å². The van der Waals surface area contributed by atoms with Crippen molar-refractivity contribution in [2.24, 2.45) is 0 Å². The molecule has 0 aliphatic rings. The molecule has 1 aromatic rings. The van der Waals surface area contributed by atoms with E-state index in [0.29, 0.717) is 6.42 Å². The normalized spacial score (nSPS) is 10.7. The first-order valence-electron chi connectivity index (χ1n) is 4.90. The second-order valence-electron chi connectivity index (χ2n) is 3.30. The summed E-state index contributed by atoms with van der Waals surface area (Å²) in [5.41, 5.74) is -0.384. The van der Waals surface area contributed by atoms with Crippen molar-refractivity contribution in [3.8, 4) is 12.3 Å². The number of allylic oxidation sites excluding steroid dienone is 1. The Labute approximate surface area is 92.8 Å². The summed E-state index contributed by atoms with van der Waals surface area (Å²) in [7, 11) is 0. The van der Waals surface area contributed by atoms with Gasteiger partial charge in [-0.25, -0.2) is 13.2 Å². The van der Waals surface area contributed by atoms with Gasteiger partial charge < -0.3 is 0 Å². The number of hydrogen-bond donors (Lipinski definition) is 0. The maximum absolute atomic E-state index is 13.4. The topological polar surface area (TPSA) is 0 Å². The van der Waals surface area contributed by atoms with Crippen molar-refractivity contribution in [1.29, 1.82) is 0 Å². The summed E-state index contributed by atoms with van der Waals surface area (Å²) in [4.78, 5) is 0. The van der Waals surface area contributed by atoms with Gasteiger partial charge in [0.2, 0.25) is 0 Å². The first kappa shape index (κ1) is 12.4. The molecule has 1 aromatic carbocycles. The highest BCUT2D eigenvalue weighted by atomic mass is 19.2. The average Bonchev–Trinajstić information content (AvgIpc) is 2.27. The van der Waals surface area contributed by atoms with Crippen molar-refractivity contribution >= 4 is 6.08 Å². The summed E-state index contributed by atoms with van der Waals surface area (Å²) >= 11 is 0. The molecule has 0 fully saturated rings. The summed E-state index contributed by atoms with van der Waals surface area (Å²) < 4.78 is 40.3. The van der Waals surface area contributed by atoms with Crippen molar-refractivity contribution in [3.05, 3.63) is 40.7 Å². The molecule has 0 aliphatic carbocycles. The molecule has 0 radical (unpaired) electrons. The minimum Gasteiger partial charge on any atom is -0.207 e. The highest BCUT2D eigenvalue weighted by molar-refractivity contribution is 5.54. The van der Waals surface area contributed by atoms with Crippen LogP contribution < -0.4 is 0 Å². The van der Waals surface area contributed by atoms with Crippen LogP contribution in [0.25, 0.3) is 6.08 Å². The quantitative estimate of drug-likeness (QED) is 0.542. The Morgan fingerprint density at radius 1 is 1.31 bits per heavy atom. The Hall–Kier alpha value is -1.69. The SMILES string of the molecule is C#C/C=C/c1cc(F)c(CCC)c(F)c1F. The van der Waals surface area contributed by atoms with Crippen molar-refractivity contribution in [1.82, 2.24) is 0 Å². The summed E-state index contributed by atoms with van der Waals surface area (Å²) in [5.74, 6) is -0.794. The minimum atomic E-state index is -1.13. The standard InChI is InChI=1S/C13H11F3/c1-3-5-7-9-8-11(14)10(6-4-2)13(16)12(9)15/h1,5,7-8H,4,6H2,2H3/b7-5+. The molecule has 0 bridgehead atoms. The van der Waals surface area contributed by atoms with E-state index >= 15 is 0 Å². The van der Waals surface area contributed by atoms with Crippen molar-refractivity contribution < 1.29 is 13.2 Å². The second kappa shape index (κ2) is 5.41. The van der Waals surface area contributed by atoms with Crippen LogP contribution in [0.5, 0.6) is 0 Å². The zero-order chi connectivity index (χ0) is 12.1. The molecule has 0 saturated heterocycles. The molecule has 84 valence electrons. The molecule has 0 unspecified atom stereocenters. The van der Waals surface area contributed by atoms with E-state index in [1.165, 1.54) is 6.08 Å². The second-order valence-corrected chi connectivity index (χ2v) is 3.30. The Balaban J connectivity index is 3.28. The monoisotopic (exact) mass is 224 g/mol. The van der Waals surface area contributed by atoms with Crippen LogP contribution in [-0.4, -0.2) is 0 Å². The van der Waals surface area contributed by atoms with Gasteiger partial charge in [-0.1, -0.05) is 19.3 Å². The zero-order valence-electron chi connectivity index (χ0n) is 8.86. The van der Waals surface area contributed by atoms with Gasteiger partial charge in [0.15, 0.2) is 11.6 Å². The molecule has 0 aromatic heterocycles. The number of halogens is 3. The molecule has 1 rings (SSSR count). The van der Waals surface area contributed by atoms with Gasteiger partial charge in [0.1, 0.15) is 5.82 Å². The lowest BCUT2D eigenvalue weighted by atomic mass is 10.0. The van der Waals surface area contributed by atoms with Gasteiger partial charge in [0.05, 0.1) is 0 Å². The van der Waals surface area contributed by atoms with E-state index in [-0.39, 0.29) is 17.5 Å². The lowest BCUT2D eigenvalue weighted by Crippen LogP contribution is -2.01. The van der Waals surface area contributed by atoms with E-state index in [0.717, 1.165) is 12.1 Å².